The number of carbonyl (C=O) groups is 2. The van der Waals surface area contributed by atoms with Gasteiger partial charge in [0.2, 0.25) is 9.70 Å². The van der Waals surface area contributed by atoms with Gasteiger partial charge in [0.15, 0.2) is 0 Å². The second-order valence-electron chi connectivity index (χ2n) is 7.81. The van der Waals surface area contributed by atoms with E-state index in [-0.39, 0.29) is 18.4 Å². The number of benzene rings is 1. The number of pyridine rings is 1. The lowest BCUT2D eigenvalue weighted by Gasteiger charge is -2.13. The summed E-state index contributed by atoms with van der Waals surface area (Å²) in [5.74, 6) is 0.527. The van der Waals surface area contributed by atoms with E-state index in [2.05, 4.69) is 25.6 Å². The smallest absolute Gasteiger partial charge is 0.411 e. The highest BCUT2D eigenvalue weighted by Crippen LogP contribution is 2.32. The molecule has 3 aromatic rings. The van der Waals surface area contributed by atoms with Crippen molar-refractivity contribution < 1.29 is 14.3 Å². The van der Waals surface area contributed by atoms with Crippen LogP contribution in [0.25, 0.3) is 22.4 Å². The van der Waals surface area contributed by atoms with Crippen molar-refractivity contribution in [1.82, 2.24) is 15.0 Å². The molecule has 34 heavy (non-hydrogen) atoms. The summed E-state index contributed by atoms with van der Waals surface area (Å²) >= 11 is 16.8. The Bertz CT molecular complexity index is 1230. The molecule has 1 aliphatic carbocycles. The molecule has 0 aliphatic heterocycles. The minimum atomic E-state index is -1.70. The number of hydrogen-bond acceptors (Lipinski definition) is 6. The zero-order valence-corrected chi connectivity index (χ0v) is 20.3. The zero-order valence-electron chi connectivity index (χ0n) is 18.0. The Balaban J connectivity index is 1.54. The van der Waals surface area contributed by atoms with Gasteiger partial charge in [-0.05, 0) is 37.5 Å². The van der Waals surface area contributed by atoms with Crippen LogP contribution in [-0.2, 0) is 9.53 Å². The van der Waals surface area contributed by atoms with Crippen molar-refractivity contribution in [3.8, 4) is 22.4 Å². The van der Waals surface area contributed by atoms with E-state index in [1.807, 2.05) is 31.2 Å². The Kier molecular flexibility index (Phi) is 7.21. The quantitative estimate of drug-likeness (QED) is 0.399. The zero-order chi connectivity index (χ0) is 24.3. The molecule has 0 atom stereocenters. The maximum atomic E-state index is 12.1. The van der Waals surface area contributed by atoms with E-state index >= 15 is 0 Å². The number of hydrogen-bond donors (Lipinski definition) is 2. The van der Waals surface area contributed by atoms with Crippen molar-refractivity contribution in [2.24, 2.45) is 5.92 Å². The average Bonchev–Trinajstić information content (AvgIpc) is 3.65. The molecule has 0 radical (unpaired) electrons. The summed E-state index contributed by atoms with van der Waals surface area (Å²) in [6.45, 7) is 1.48. The fourth-order valence-electron chi connectivity index (χ4n) is 3.20. The molecule has 2 heterocycles. The number of anilines is 2. The second kappa shape index (κ2) is 10.1. The molecular formula is C23H20Cl3N5O3. The van der Waals surface area contributed by atoms with Crippen LogP contribution in [-0.4, -0.2) is 37.4 Å². The molecule has 176 valence electrons. The highest BCUT2D eigenvalue weighted by Gasteiger charge is 2.29. The summed E-state index contributed by atoms with van der Waals surface area (Å²) in [5.41, 5.74) is 4.35. The molecule has 0 bridgehead atoms. The summed E-state index contributed by atoms with van der Waals surface area (Å²) < 4.78 is 3.20. The number of aromatic nitrogens is 3. The van der Waals surface area contributed by atoms with Gasteiger partial charge in [-0.2, -0.15) is 0 Å². The highest BCUT2D eigenvalue weighted by molar-refractivity contribution is 6.67. The van der Waals surface area contributed by atoms with E-state index in [0.717, 1.165) is 35.2 Å². The topological polar surface area (TPSA) is 106 Å². The van der Waals surface area contributed by atoms with E-state index in [1.54, 1.807) is 12.1 Å². The minimum absolute atomic E-state index is 0.0169. The summed E-state index contributed by atoms with van der Waals surface area (Å²) in [5, 5.41) is 5.42. The lowest BCUT2D eigenvalue weighted by atomic mass is 10.0. The third-order valence-corrected chi connectivity index (χ3v) is 5.36. The molecule has 0 spiro atoms. The van der Waals surface area contributed by atoms with Gasteiger partial charge in [0.05, 0.1) is 17.6 Å². The first-order valence-corrected chi connectivity index (χ1v) is 11.5. The van der Waals surface area contributed by atoms with E-state index in [9.17, 15) is 9.59 Å². The molecule has 8 nitrogen and oxygen atoms in total. The fourth-order valence-corrected chi connectivity index (χ4v) is 3.36. The van der Waals surface area contributed by atoms with Crippen LogP contribution in [0.1, 0.15) is 18.5 Å². The van der Waals surface area contributed by atoms with Gasteiger partial charge in [0.1, 0.15) is 18.8 Å². The fraction of sp³-hybridized carbons (Fsp3) is 0.261. The Hall–Kier alpha value is -2.94. The lowest BCUT2D eigenvalue weighted by Crippen LogP contribution is -2.21. The summed E-state index contributed by atoms with van der Waals surface area (Å²) in [4.78, 5) is 36.9. The molecule has 4 rings (SSSR count). The molecule has 1 aromatic carbocycles. The predicted octanol–water partition coefficient (Wildman–Crippen LogP) is 5.78. The number of carbonyl (C=O) groups excluding carboxylic acids is 2. The Morgan fingerprint density at radius 1 is 1.06 bits per heavy atom. The minimum Gasteiger partial charge on any atom is -0.445 e. The largest absolute Gasteiger partial charge is 0.445 e. The van der Waals surface area contributed by atoms with Crippen molar-refractivity contribution in [2.45, 2.75) is 23.6 Å². The van der Waals surface area contributed by atoms with Crippen LogP contribution in [0.15, 0.2) is 48.9 Å². The molecule has 1 saturated carbocycles. The van der Waals surface area contributed by atoms with Crippen molar-refractivity contribution >= 4 is 58.3 Å². The van der Waals surface area contributed by atoms with E-state index in [4.69, 9.17) is 39.5 Å². The lowest BCUT2D eigenvalue weighted by molar-refractivity contribution is -0.117. The molecule has 0 saturated heterocycles. The number of halogens is 3. The molecule has 2 N–H and O–H groups in total. The number of ether oxygens (including phenoxy) is 1. The second-order valence-corrected chi connectivity index (χ2v) is 10.3. The van der Waals surface area contributed by atoms with Gasteiger partial charge in [0.25, 0.3) is 0 Å². The van der Waals surface area contributed by atoms with Crippen LogP contribution in [0.4, 0.5) is 16.3 Å². The van der Waals surface area contributed by atoms with Crippen LogP contribution in [0.2, 0.25) is 0 Å². The maximum absolute atomic E-state index is 12.1. The van der Waals surface area contributed by atoms with Crippen LogP contribution in [0, 0.1) is 12.8 Å². The maximum Gasteiger partial charge on any atom is 0.411 e. The van der Waals surface area contributed by atoms with Gasteiger partial charge in [-0.1, -0.05) is 53.0 Å². The third kappa shape index (κ3) is 6.56. The van der Waals surface area contributed by atoms with Gasteiger partial charge in [-0.3, -0.25) is 15.1 Å². The number of nitrogens with zero attached hydrogens (tertiary/aromatic N) is 3. The van der Waals surface area contributed by atoms with Gasteiger partial charge in [0, 0.05) is 28.8 Å². The molecule has 2 amide bonds. The highest BCUT2D eigenvalue weighted by atomic mass is 35.6. The van der Waals surface area contributed by atoms with Crippen molar-refractivity contribution in [3.63, 3.8) is 0 Å². The summed E-state index contributed by atoms with van der Waals surface area (Å²) in [6, 6.07) is 11.2. The van der Waals surface area contributed by atoms with E-state index in [0.29, 0.717) is 17.2 Å². The monoisotopic (exact) mass is 519 g/mol. The molecule has 1 fully saturated rings. The average molecular weight is 521 g/mol. The number of alkyl halides is 3. The number of rotatable bonds is 6. The predicted molar refractivity (Wildman–Crippen MR) is 132 cm³/mol. The SMILES string of the molecule is Cc1ncc(NC(=O)OCC(Cl)(Cl)Cl)cc1-c1cccc(-c2cc(NC(=O)C3CC3)ncn2)c1. The standard InChI is InChI=1S/C23H20Cl3N5O3/c1-13-18(8-17(10-27-13)30-22(33)34-11-23(24,25)26)15-3-2-4-16(7-15)19-9-20(29-12-28-19)31-21(32)14-5-6-14/h2-4,7-10,12,14H,5-6,11H2,1H3,(H,30,33)(H,28,29,31,32). The molecule has 0 unspecified atom stereocenters. The molecule has 11 heteroatoms. The first-order chi connectivity index (χ1) is 16.2. The van der Waals surface area contributed by atoms with Gasteiger partial charge in [-0.15, -0.1) is 0 Å². The Labute approximate surface area is 211 Å². The first kappa shape index (κ1) is 24.2. The molecular weight excluding hydrogens is 501 g/mol. The molecule has 2 aromatic heterocycles. The van der Waals surface area contributed by atoms with E-state index in [1.165, 1.54) is 12.5 Å². The normalized spacial score (nSPS) is 13.3. The van der Waals surface area contributed by atoms with Gasteiger partial charge >= 0.3 is 6.09 Å². The van der Waals surface area contributed by atoms with Crippen LogP contribution in [0.5, 0.6) is 0 Å². The van der Waals surface area contributed by atoms with E-state index < -0.39 is 9.89 Å². The number of amides is 2. The Morgan fingerprint density at radius 2 is 1.82 bits per heavy atom. The summed E-state index contributed by atoms with van der Waals surface area (Å²) in [6.07, 6.45) is 4.00. The van der Waals surface area contributed by atoms with Crippen molar-refractivity contribution in [3.05, 3.63) is 54.6 Å². The van der Waals surface area contributed by atoms with Gasteiger partial charge in [-0.25, -0.2) is 14.8 Å². The van der Waals surface area contributed by atoms with Gasteiger partial charge < -0.3 is 10.1 Å². The first-order valence-electron chi connectivity index (χ1n) is 10.4. The number of aryl methyl sites for hydroxylation is 1. The molecule has 1 aliphatic rings. The van der Waals surface area contributed by atoms with Crippen LogP contribution >= 0.6 is 34.8 Å². The summed E-state index contributed by atoms with van der Waals surface area (Å²) in [7, 11) is 0. The third-order valence-electron chi connectivity index (χ3n) is 5.04. The van der Waals surface area contributed by atoms with Crippen LogP contribution in [0.3, 0.4) is 0 Å². The van der Waals surface area contributed by atoms with Crippen LogP contribution < -0.4 is 10.6 Å². The van der Waals surface area contributed by atoms with Crippen molar-refractivity contribution in [2.75, 3.05) is 17.2 Å². The van der Waals surface area contributed by atoms with Crippen molar-refractivity contribution in [1.29, 1.82) is 0 Å². The number of nitrogens with one attached hydrogen (secondary N) is 2. The Morgan fingerprint density at radius 3 is 2.56 bits per heavy atom.